The topological polar surface area (TPSA) is 71.5 Å². The average Bonchev–Trinajstić information content (AvgIpc) is 2.77. The number of aromatic nitrogens is 1. The number of ether oxygens (including phenoxy) is 2. The van der Waals surface area contributed by atoms with Crippen LogP contribution in [0.3, 0.4) is 0 Å². The molecule has 1 aromatic heterocycles. The zero-order valence-electron chi connectivity index (χ0n) is 10.3. The molecule has 0 saturated heterocycles. The van der Waals surface area contributed by atoms with Crippen LogP contribution in [0.1, 0.15) is 15.9 Å². The third kappa shape index (κ3) is 2.17. The van der Waals surface area contributed by atoms with Gasteiger partial charge in [-0.25, -0.2) is 4.79 Å². The summed E-state index contributed by atoms with van der Waals surface area (Å²) in [6.07, 6.45) is 1.50. The fraction of sp³-hybridized carbons (Fsp3) is 0.308. The van der Waals surface area contributed by atoms with Gasteiger partial charge in [-0.05, 0) is 19.1 Å². The van der Waals surface area contributed by atoms with Crippen molar-refractivity contribution in [1.82, 2.24) is 4.98 Å². The fourth-order valence-corrected chi connectivity index (χ4v) is 1.94. The van der Waals surface area contributed by atoms with E-state index in [1.54, 1.807) is 7.11 Å². The molecule has 2 rings (SSSR count). The number of rotatable bonds is 5. The van der Waals surface area contributed by atoms with E-state index in [-0.39, 0.29) is 5.56 Å². The van der Waals surface area contributed by atoms with Gasteiger partial charge in [-0.1, -0.05) is 0 Å². The summed E-state index contributed by atoms with van der Waals surface area (Å²) in [5.74, 6) is -0.264. The number of fused-ring (bicyclic) bond motifs is 1. The van der Waals surface area contributed by atoms with Crippen molar-refractivity contribution in [1.29, 1.82) is 0 Å². The zero-order chi connectivity index (χ0) is 13.1. The highest BCUT2D eigenvalue weighted by Gasteiger charge is 2.15. The van der Waals surface area contributed by atoms with Crippen molar-refractivity contribution < 1.29 is 19.4 Å². The van der Waals surface area contributed by atoms with Gasteiger partial charge in [0.2, 0.25) is 0 Å². The van der Waals surface area contributed by atoms with Crippen LogP contribution in [0.15, 0.2) is 18.3 Å². The summed E-state index contributed by atoms with van der Waals surface area (Å²) in [6.45, 7) is 2.79. The molecule has 0 spiro atoms. The normalized spacial score (nSPS) is 10.8. The Hall–Kier alpha value is -2.01. The summed E-state index contributed by atoms with van der Waals surface area (Å²) in [4.78, 5) is 14.1. The minimum absolute atomic E-state index is 0.264. The van der Waals surface area contributed by atoms with Gasteiger partial charge in [0, 0.05) is 29.8 Å². The Morgan fingerprint density at radius 2 is 2.17 bits per heavy atom. The van der Waals surface area contributed by atoms with Gasteiger partial charge in [-0.3, -0.25) is 0 Å². The number of aryl methyl sites for hydroxylation is 1. The second-order valence-corrected chi connectivity index (χ2v) is 3.96. The van der Waals surface area contributed by atoms with Crippen molar-refractivity contribution in [2.45, 2.75) is 6.92 Å². The summed E-state index contributed by atoms with van der Waals surface area (Å²) in [5, 5.41) is 9.81. The summed E-state index contributed by atoms with van der Waals surface area (Å²) in [7, 11) is 1.61. The lowest BCUT2D eigenvalue weighted by atomic mass is 10.1. The molecule has 96 valence electrons. The van der Waals surface area contributed by atoms with Gasteiger partial charge in [0.25, 0.3) is 0 Å². The quantitative estimate of drug-likeness (QED) is 0.797. The number of hydrogen-bond acceptors (Lipinski definition) is 3. The molecule has 0 amide bonds. The number of methoxy groups -OCH3 is 1. The third-order valence-electron chi connectivity index (χ3n) is 2.83. The predicted octanol–water partition coefficient (Wildman–Crippen LogP) is 2.20. The first-order valence-electron chi connectivity index (χ1n) is 5.61. The SMILES string of the molecule is COCCOc1ccc2[nH]cc(C(=O)O)c2c1C. The van der Waals surface area contributed by atoms with Gasteiger partial charge in [0.15, 0.2) is 0 Å². The minimum Gasteiger partial charge on any atom is -0.491 e. The second-order valence-electron chi connectivity index (χ2n) is 3.96. The van der Waals surface area contributed by atoms with Crippen molar-refractivity contribution in [3.05, 3.63) is 29.5 Å². The van der Waals surface area contributed by atoms with Crippen LogP contribution in [0.4, 0.5) is 0 Å². The van der Waals surface area contributed by atoms with E-state index in [1.165, 1.54) is 6.20 Å². The predicted molar refractivity (Wildman–Crippen MR) is 67.4 cm³/mol. The van der Waals surface area contributed by atoms with Gasteiger partial charge >= 0.3 is 5.97 Å². The fourth-order valence-electron chi connectivity index (χ4n) is 1.94. The molecule has 0 aliphatic carbocycles. The highest BCUT2D eigenvalue weighted by atomic mass is 16.5. The van der Waals surface area contributed by atoms with E-state index in [4.69, 9.17) is 14.6 Å². The molecule has 0 aliphatic heterocycles. The number of aromatic amines is 1. The maximum absolute atomic E-state index is 11.1. The Balaban J connectivity index is 2.41. The molecule has 5 nitrogen and oxygen atoms in total. The minimum atomic E-state index is -0.946. The summed E-state index contributed by atoms with van der Waals surface area (Å²) in [6, 6.07) is 3.65. The lowest BCUT2D eigenvalue weighted by Crippen LogP contribution is -2.05. The number of carboxylic acids is 1. The first-order chi connectivity index (χ1) is 8.65. The third-order valence-corrected chi connectivity index (χ3v) is 2.83. The smallest absolute Gasteiger partial charge is 0.337 e. The molecular weight excluding hydrogens is 234 g/mol. The molecule has 0 radical (unpaired) electrons. The molecule has 0 unspecified atom stereocenters. The van der Waals surface area contributed by atoms with Gasteiger partial charge in [-0.15, -0.1) is 0 Å². The van der Waals surface area contributed by atoms with E-state index >= 15 is 0 Å². The molecule has 0 atom stereocenters. The number of carboxylic acid groups (broad SMARTS) is 1. The van der Waals surface area contributed by atoms with E-state index in [0.717, 1.165) is 11.1 Å². The van der Waals surface area contributed by atoms with E-state index in [2.05, 4.69) is 4.98 Å². The standard InChI is InChI=1S/C13H15NO4/c1-8-11(18-6-5-17-2)4-3-10-12(8)9(7-14-10)13(15)16/h3-4,7,14H,5-6H2,1-2H3,(H,15,16). The highest BCUT2D eigenvalue weighted by molar-refractivity contribution is 6.05. The van der Waals surface area contributed by atoms with E-state index < -0.39 is 5.97 Å². The largest absolute Gasteiger partial charge is 0.491 e. The lowest BCUT2D eigenvalue weighted by Gasteiger charge is -2.09. The maximum Gasteiger partial charge on any atom is 0.337 e. The molecule has 18 heavy (non-hydrogen) atoms. The summed E-state index contributed by atoms with van der Waals surface area (Å²) >= 11 is 0. The number of H-pyrrole nitrogens is 1. The Kier molecular flexibility index (Phi) is 3.53. The maximum atomic E-state index is 11.1. The van der Waals surface area contributed by atoms with Crippen molar-refractivity contribution >= 4 is 16.9 Å². The lowest BCUT2D eigenvalue weighted by molar-refractivity contribution is 0.0699. The molecule has 0 aliphatic rings. The molecule has 0 fully saturated rings. The molecule has 0 bridgehead atoms. The number of nitrogens with one attached hydrogen (secondary N) is 1. The zero-order valence-corrected chi connectivity index (χ0v) is 10.3. The molecular formula is C13H15NO4. The first kappa shape index (κ1) is 12.4. The average molecular weight is 249 g/mol. The number of carbonyl (C=O) groups is 1. The molecule has 1 aromatic carbocycles. The molecule has 2 N–H and O–H groups in total. The number of benzene rings is 1. The van der Waals surface area contributed by atoms with Gasteiger partial charge in [-0.2, -0.15) is 0 Å². The molecule has 0 saturated carbocycles. The van der Waals surface area contributed by atoms with Gasteiger partial charge in [0.05, 0.1) is 12.2 Å². The van der Waals surface area contributed by atoms with Crippen molar-refractivity contribution in [2.24, 2.45) is 0 Å². The first-order valence-corrected chi connectivity index (χ1v) is 5.61. The van der Waals surface area contributed by atoms with Crippen LogP contribution in [0.2, 0.25) is 0 Å². The second kappa shape index (κ2) is 5.10. The Bertz CT molecular complexity index is 574. The van der Waals surface area contributed by atoms with Crippen LogP contribution in [0, 0.1) is 6.92 Å². The van der Waals surface area contributed by atoms with Gasteiger partial charge in [0.1, 0.15) is 12.4 Å². The van der Waals surface area contributed by atoms with E-state index in [9.17, 15) is 4.79 Å². The molecule has 2 aromatic rings. The van der Waals surface area contributed by atoms with E-state index in [0.29, 0.717) is 24.3 Å². The Morgan fingerprint density at radius 1 is 1.39 bits per heavy atom. The monoisotopic (exact) mass is 249 g/mol. The number of aromatic carboxylic acids is 1. The van der Waals surface area contributed by atoms with Crippen molar-refractivity contribution in [3.63, 3.8) is 0 Å². The summed E-state index contributed by atoms with van der Waals surface area (Å²) < 4.78 is 10.5. The van der Waals surface area contributed by atoms with Gasteiger partial charge < -0.3 is 19.6 Å². The van der Waals surface area contributed by atoms with Crippen LogP contribution in [-0.4, -0.2) is 36.4 Å². The Morgan fingerprint density at radius 3 is 2.83 bits per heavy atom. The van der Waals surface area contributed by atoms with Crippen LogP contribution in [0.25, 0.3) is 10.9 Å². The number of hydrogen-bond donors (Lipinski definition) is 2. The van der Waals surface area contributed by atoms with Crippen LogP contribution < -0.4 is 4.74 Å². The van der Waals surface area contributed by atoms with Crippen LogP contribution in [0.5, 0.6) is 5.75 Å². The summed E-state index contributed by atoms with van der Waals surface area (Å²) in [5.41, 5.74) is 1.88. The van der Waals surface area contributed by atoms with E-state index in [1.807, 2.05) is 19.1 Å². The molecule has 1 heterocycles. The highest BCUT2D eigenvalue weighted by Crippen LogP contribution is 2.29. The Labute approximate surface area is 104 Å². The van der Waals surface area contributed by atoms with Crippen molar-refractivity contribution in [3.8, 4) is 5.75 Å². The van der Waals surface area contributed by atoms with Crippen molar-refractivity contribution in [2.75, 3.05) is 20.3 Å². The van der Waals surface area contributed by atoms with Crippen LogP contribution >= 0.6 is 0 Å². The van der Waals surface area contributed by atoms with Crippen LogP contribution in [-0.2, 0) is 4.74 Å². The molecule has 5 heteroatoms.